The zero-order valence-corrected chi connectivity index (χ0v) is 19.8. The number of allylic oxidation sites excluding steroid dienone is 1. The summed E-state index contributed by atoms with van der Waals surface area (Å²) in [7, 11) is 2.19. The molecular weight excluding hydrogens is 400 g/mol. The molecule has 0 saturated carbocycles. The number of rotatable bonds is 3. The number of para-hydroxylation sites is 1. The van der Waals surface area contributed by atoms with Crippen LogP contribution in [0.1, 0.15) is 31.9 Å². The van der Waals surface area contributed by atoms with Crippen LogP contribution in [0.3, 0.4) is 0 Å². The summed E-state index contributed by atoms with van der Waals surface area (Å²) >= 11 is 0. The Morgan fingerprint density at radius 1 is 0.788 bits per heavy atom. The highest BCUT2D eigenvalue weighted by molar-refractivity contribution is 6.11. The maximum absolute atomic E-state index is 2.41. The fourth-order valence-electron chi connectivity index (χ4n) is 5.88. The molecule has 0 fully saturated rings. The molecular formula is C31H29N2+. The first-order valence-corrected chi connectivity index (χ1v) is 11.8. The monoisotopic (exact) mass is 429 g/mol. The Balaban J connectivity index is 1.46. The van der Waals surface area contributed by atoms with Crippen LogP contribution in [-0.2, 0) is 12.0 Å². The van der Waals surface area contributed by atoms with E-state index >= 15 is 0 Å². The Morgan fingerprint density at radius 3 is 2.33 bits per heavy atom. The van der Waals surface area contributed by atoms with Gasteiger partial charge in [-0.05, 0) is 67.4 Å². The van der Waals surface area contributed by atoms with Crippen LogP contribution in [0.4, 0.5) is 5.69 Å². The van der Waals surface area contributed by atoms with E-state index in [2.05, 4.69) is 128 Å². The molecule has 6 rings (SSSR count). The van der Waals surface area contributed by atoms with Gasteiger partial charge in [0.05, 0.1) is 5.41 Å². The largest absolute Gasteiger partial charge is 0.341 e. The van der Waals surface area contributed by atoms with E-state index < -0.39 is 0 Å². The van der Waals surface area contributed by atoms with E-state index in [9.17, 15) is 0 Å². The average Bonchev–Trinajstić information content (AvgIpc) is 3.25. The summed E-state index contributed by atoms with van der Waals surface area (Å²) in [5.41, 5.74) is 7.84. The van der Waals surface area contributed by atoms with Crippen molar-refractivity contribution in [2.75, 3.05) is 7.05 Å². The van der Waals surface area contributed by atoms with Crippen molar-refractivity contribution in [3.8, 4) is 0 Å². The van der Waals surface area contributed by atoms with E-state index in [4.69, 9.17) is 0 Å². The third kappa shape index (κ3) is 2.83. The van der Waals surface area contributed by atoms with Crippen molar-refractivity contribution in [1.82, 2.24) is 4.57 Å². The molecule has 0 bridgehead atoms. The lowest BCUT2D eigenvalue weighted by Gasteiger charge is -2.17. The van der Waals surface area contributed by atoms with Crippen LogP contribution in [0.15, 0.2) is 84.9 Å². The summed E-state index contributed by atoms with van der Waals surface area (Å²) in [6, 6.07) is 28.8. The van der Waals surface area contributed by atoms with Gasteiger partial charge in [-0.15, -0.1) is 0 Å². The molecule has 0 atom stereocenters. The molecule has 0 radical (unpaired) electrons. The summed E-state index contributed by atoms with van der Waals surface area (Å²) < 4.78 is 4.77. The normalized spacial score (nSPS) is 15.4. The number of hydrogen-bond donors (Lipinski definition) is 0. The molecule has 4 aromatic carbocycles. The first-order chi connectivity index (χ1) is 16.0. The molecule has 0 spiro atoms. The van der Waals surface area contributed by atoms with E-state index in [1.165, 1.54) is 55.1 Å². The number of aromatic nitrogens is 1. The van der Waals surface area contributed by atoms with Crippen molar-refractivity contribution in [3.63, 3.8) is 0 Å². The summed E-state index contributed by atoms with van der Waals surface area (Å²) in [4.78, 5) is 0. The minimum Gasteiger partial charge on any atom is -0.341 e. The molecule has 5 aromatic rings. The van der Waals surface area contributed by atoms with Crippen LogP contribution in [0.25, 0.3) is 38.7 Å². The molecule has 0 N–H and O–H groups in total. The van der Waals surface area contributed by atoms with Gasteiger partial charge >= 0.3 is 0 Å². The van der Waals surface area contributed by atoms with Crippen molar-refractivity contribution in [2.24, 2.45) is 0 Å². The van der Waals surface area contributed by atoms with Crippen molar-refractivity contribution >= 4 is 50.1 Å². The van der Waals surface area contributed by atoms with Crippen LogP contribution in [0.2, 0.25) is 0 Å². The SMILES string of the molecule is CCn1c2ccccc2c2cc(/C=C/C3=[N+](C)c4ccc5ccccc5c4C3(C)C)ccc21. The van der Waals surface area contributed by atoms with E-state index in [1.807, 2.05) is 0 Å². The Morgan fingerprint density at radius 2 is 1.52 bits per heavy atom. The standard InChI is InChI=1S/C31H29N2/c1-5-33-26-13-9-8-12-24(26)25-20-21(14-17-27(25)33)15-19-29-31(2,3)30-23-11-7-6-10-22(23)16-18-28(30)32(29)4/h6-20H,5H2,1-4H3/q+1. The third-order valence-electron chi connectivity index (χ3n) is 7.44. The summed E-state index contributed by atoms with van der Waals surface area (Å²) in [6.45, 7) is 7.89. The summed E-state index contributed by atoms with van der Waals surface area (Å²) in [5, 5.41) is 5.31. The zero-order valence-electron chi connectivity index (χ0n) is 19.8. The van der Waals surface area contributed by atoms with Crippen LogP contribution in [-0.4, -0.2) is 21.9 Å². The van der Waals surface area contributed by atoms with Gasteiger partial charge in [0, 0.05) is 46.1 Å². The minimum absolute atomic E-state index is 0.0657. The Bertz CT molecular complexity index is 1630. The average molecular weight is 430 g/mol. The van der Waals surface area contributed by atoms with Crippen molar-refractivity contribution in [2.45, 2.75) is 32.7 Å². The lowest BCUT2D eigenvalue weighted by atomic mass is 9.79. The smallest absolute Gasteiger partial charge is 0.210 e. The predicted molar refractivity (Wildman–Crippen MR) is 142 cm³/mol. The molecule has 1 aliphatic heterocycles. The highest BCUT2D eigenvalue weighted by Crippen LogP contribution is 2.43. The van der Waals surface area contributed by atoms with Gasteiger partial charge < -0.3 is 4.57 Å². The van der Waals surface area contributed by atoms with Crippen molar-refractivity contribution < 1.29 is 4.58 Å². The van der Waals surface area contributed by atoms with Crippen LogP contribution in [0, 0.1) is 0 Å². The first-order valence-electron chi connectivity index (χ1n) is 11.8. The van der Waals surface area contributed by atoms with Crippen LogP contribution < -0.4 is 0 Å². The third-order valence-corrected chi connectivity index (χ3v) is 7.44. The highest BCUT2D eigenvalue weighted by Gasteiger charge is 2.44. The summed E-state index contributed by atoms with van der Waals surface area (Å²) in [5.74, 6) is 0. The highest BCUT2D eigenvalue weighted by atomic mass is 15.0. The lowest BCUT2D eigenvalue weighted by molar-refractivity contribution is -0.401. The molecule has 1 aliphatic rings. The Hall–Kier alpha value is -3.65. The van der Waals surface area contributed by atoms with Crippen LogP contribution >= 0.6 is 0 Å². The molecule has 0 amide bonds. The van der Waals surface area contributed by atoms with Crippen LogP contribution in [0.5, 0.6) is 0 Å². The van der Waals surface area contributed by atoms with Gasteiger partial charge in [0.2, 0.25) is 5.69 Å². The molecule has 0 aliphatic carbocycles. The number of aryl methyl sites for hydroxylation is 1. The van der Waals surface area contributed by atoms with Gasteiger partial charge in [-0.1, -0.05) is 48.5 Å². The number of fused-ring (bicyclic) bond motifs is 6. The number of benzene rings is 4. The van der Waals surface area contributed by atoms with Gasteiger partial charge in [-0.2, -0.15) is 4.58 Å². The zero-order chi connectivity index (χ0) is 22.7. The molecule has 0 saturated heterocycles. The van der Waals surface area contributed by atoms with Gasteiger partial charge in [0.15, 0.2) is 5.71 Å². The van der Waals surface area contributed by atoms with E-state index in [-0.39, 0.29) is 5.41 Å². The molecule has 2 heterocycles. The molecule has 0 unspecified atom stereocenters. The topological polar surface area (TPSA) is 7.94 Å². The first kappa shape index (κ1) is 20.0. The molecule has 1 aromatic heterocycles. The van der Waals surface area contributed by atoms with Gasteiger partial charge in [0.25, 0.3) is 0 Å². The quantitative estimate of drug-likeness (QED) is 0.260. The number of nitrogens with zero attached hydrogens (tertiary/aromatic N) is 2. The fraction of sp³-hybridized carbons (Fsp3) is 0.194. The second-order valence-corrected chi connectivity index (χ2v) is 9.62. The van der Waals surface area contributed by atoms with E-state index in [0.29, 0.717) is 0 Å². The Labute approximate surface area is 195 Å². The van der Waals surface area contributed by atoms with E-state index in [1.54, 1.807) is 0 Å². The van der Waals surface area contributed by atoms with Gasteiger partial charge in [0.1, 0.15) is 7.05 Å². The second kappa shape index (κ2) is 7.18. The summed E-state index contributed by atoms with van der Waals surface area (Å²) in [6.07, 6.45) is 4.59. The van der Waals surface area contributed by atoms with Crippen molar-refractivity contribution in [1.29, 1.82) is 0 Å². The molecule has 2 nitrogen and oxygen atoms in total. The van der Waals surface area contributed by atoms with Gasteiger partial charge in [-0.3, -0.25) is 0 Å². The number of hydrogen-bond acceptors (Lipinski definition) is 0. The molecule has 2 heteroatoms. The Kier molecular flexibility index (Phi) is 4.35. The molecule has 162 valence electrons. The lowest BCUT2D eigenvalue weighted by Crippen LogP contribution is -2.26. The molecule has 33 heavy (non-hydrogen) atoms. The van der Waals surface area contributed by atoms with E-state index in [0.717, 1.165) is 6.54 Å². The van der Waals surface area contributed by atoms with Crippen molar-refractivity contribution in [3.05, 3.63) is 96.1 Å². The second-order valence-electron chi connectivity index (χ2n) is 9.62. The van der Waals surface area contributed by atoms with Gasteiger partial charge in [-0.25, -0.2) is 0 Å². The maximum atomic E-state index is 2.41. The fourth-order valence-corrected chi connectivity index (χ4v) is 5.88. The predicted octanol–water partition coefficient (Wildman–Crippen LogP) is 7.69. The minimum atomic E-state index is -0.0657. The maximum Gasteiger partial charge on any atom is 0.210 e.